The van der Waals surface area contributed by atoms with Crippen LogP contribution in [0.3, 0.4) is 0 Å². The van der Waals surface area contributed by atoms with Crippen LogP contribution in [0.4, 0.5) is 4.79 Å². The van der Waals surface area contributed by atoms with Crippen LogP contribution in [-0.4, -0.2) is 79.6 Å². The number of nitrogens with zero attached hydrogens (tertiary/aromatic N) is 2. The minimum absolute atomic E-state index is 0.0277. The summed E-state index contributed by atoms with van der Waals surface area (Å²) >= 11 is 0. The second-order valence-electron chi connectivity index (χ2n) is 8.64. The Labute approximate surface area is 183 Å². The number of rotatable bonds is 7. The van der Waals surface area contributed by atoms with Gasteiger partial charge in [0, 0.05) is 44.7 Å². The maximum atomic E-state index is 13.0. The molecule has 8 heteroatoms. The van der Waals surface area contributed by atoms with Crippen molar-refractivity contribution in [3.05, 3.63) is 35.9 Å². The Kier molecular flexibility index (Phi) is 7.19. The molecule has 1 aliphatic carbocycles. The van der Waals surface area contributed by atoms with Gasteiger partial charge in [-0.2, -0.15) is 0 Å². The number of benzene rings is 1. The summed E-state index contributed by atoms with van der Waals surface area (Å²) in [6, 6.07) is 9.26. The van der Waals surface area contributed by atoms with Crippen molar-refractivity contribution in [2.24, 2.45) is 11.8 Å². The third-order valence-electron chi connectivity index (χ3n) is 6.66. The van der Waals surface area contributed by atoms with Crippen LogP contribution in [0, 0.1) is 11.8 Å². The molecule has 31 heavy (non-hydrogen) atoms. The Bertz CT molecular complexity index is 781. The van der Waals surface area contributed by atoms with E-state index >= 15 is 0 Å². The van der Waals surface area contributed by atoms with E-state index in [0.29, 0.717) is 38.8 Å². The van der Waals surface area contributed by atoms with Gasteiger partial charge in [-0.15, -0.1) is 0 Å². The maximum Gasteiger partial charge on any atom is 0.324 e. The lowest BCUT2D eigenvalue weighted by Crippen LogP contribution is -2.62. The lowest BCUT2D eigenvalue weighted by atomic mass is 9.76. The van der Waals surface area contributed by atoms with Crippen LogP contribution in [0.25, 0.3) is 0 Å². The fourth-order valence-electron chi connectivity index (χ4n) is 4.80. The predicted molar refractivity (Wildman–Crippen MR) is 115 cm³/mol. The summed E-state index contributed by atoms with van der Waals surface area (Å²) in [5.74, 6) is -0.462. The summed E-state index contributed by atoms with van der Waals surface area (Å²) in [5.41, 5.74) is 1.10. The zero-order chi connectivity index (χ0) is 21.6. The van der Waals surface area contributed by atoms with Crippen molar-refractivity contribution in [2.75, 3.05) is 45.9 Å². The fourth-order valence-corrected chi connectivity index (χ4v) is 4.80. The van der Waals surface area contributed by atoms with Gasteiger partial charge in [0.05, 0.1) is 19.1 Å². The molecule has 8 nitrogen and oxygen atoms in total. The highest BCUT2D eigenvalue weighted by atomic mass is 16.5. The first-order chi connectivity index (χ1) is 15.1. The summed E-state index contributed by atoms with van der Waals surface area (Å²) in [6.07, 6.45) is 2.48. The maximum absolute atomic E-state index is 13.0. The molecular weight excluding hydrogens is 396 g/mol. The van der Waals surface area contributed by atoms with Crippen LogP contribution < -0.4 is 10.6 Å². The first-order valence-electron chi connectivity index (χ1n) is 11.4. The molecule has 3 fully saturated rings. The second-order valence-corrected chi connectivity index (χ2v) is 8.64. The zero-order valence-electron chi connectivity index (χ0n) is 17.9. The van der Waals surface area contributed by atoms with Crippen LogP contribution in [0.1, 0.15) is 24.8 Å². The average molecular weight is 429 g/mol. The molecule has 0 bridgehead atoms. The van der Waals surface area contributed by atoms with Gasteiger partial charge in [0.15, 0.2) is 0 Å². The van der Waals surface area contributed by atoms with Crippen molar-refractivity contribution < 1.29 is 19.1 Å². The molecule has 0 radical (unpaired) electrons. The molecule has 2 aliphatic heterocycles. The number of ether oxygens (including phenoxy) is 1. The van der Waals surface area contributed by atoms with E-state index < -0.39 is 0 Å². The first-order valence-corrected chi connectivity index (χ1v) is 11.4. The fraction of sp³-hybridized carbons (Fsp3) is 0.609. The van der Waals surface area contributed by atoms with Crippen molar-refractivity contribution >= 4 is 17.8 Å². The van der Waals surface area contributed by atoms with E-state index in [9.17, 15) is 14.4 Å². The van der Waals surface area contributed by atoms with E-state index in [-0.39, 0.29) is 35.7 Å². The van der Waals surface area contributed by atoms with Crippen molar-refractivity contribution in [3.8, 4) is 0 Å². The Hall–Kier alpha value is -2.45. The first kappa shape index (κ1) is 21.8. The van der Waals surface area contributed by atoms with E-state index in [1.807, 2.05) is 30.3 Å². The minimum atomic E-state index is -0.337. The van der Waals surface area contributed by atoms with Gasteiger partial charge < -0.3 is 15.4 Å². The number of fused-ring (bicyclic) bond motifs is 1. The summed E-state index contributed by atoms with van der Waals surface area (Å²) in [7, 11) is 0. The van der Waals surface area contributed by atoms with Gasteiger partial charge in [-0.25, -0.2) is 4.79 Å². The molecule has 3 aliphatic rings. The minimum Gasteiger partial charge on any atom is -0.379 e. The largest absolute Gasteiger partial charge is 0.379 e. The Balaban J connectivity index is 1.25. The van der Waals surface area contributed by atoms with Gasteiger partial charge in [0.2, 0.25) is 11.8 Å². The zero-order valence-corrected chi connectivity index (χ0v) is 17.9. The highest BCUT2D eigenvalue weighted by Gasteiger charge is 2.45. The van der Waals surface area contributed by atoms with Gasteiger partial charge in [-0.3, -0.25) is 19.4 Å². The molecular formula is C23H32N4O4. The van der Waals surface area contributed by atoms with Crippen molar-refractivity contribution in [2.45, 2.75) is 31.7 Å². The second kappa shape index (κ2) is 10.2. The summed E-state index contributed by atoms with van der Waals surface area (Å²) in [6.45, 7) is 5.10. The smallest absolute Gasteiger partial charge is 0.324 e. The summed E-state index contributed by atoms with van der Waals surface area (Å²) in [5, 5.41) is 6.03. The van der Waals surface area contributed by atoms with Gasteiger partial charge in [-0.1, -0.05) is 30.3 Å². The number of carbonyl (C=O) groups is 3. The molecule has 3 unspecified atom stereocenters. The average Bonchev–Trinajstić information content (AvgIpc) is 2.80. The van der Waals surface area contributed by atoms with E-state index in [1.165, 1.54) is 4.90 Å². The third-order valence-corrected chi connectivity index (χ3v) is 6.66. The molecule has 168 valence electrons. The van der Waals surface area contributed by atoms with Gasteiger partial charge in [-0.05, 0) is 31.2 Å². The number of carbonyl (C=O) groups excluding carboxylic acids is 3. The topological polar surface area (TPSA) is 91.0 Å². The lowest BCUT2D eigenvalue weighted by Gasteiger charge is -2.42. The quantitative estimate of drug-likeness (QED) is 0.677. The number of hydrogen-bond donors (Lipinski definition) is 2. The van der Waals surface area contributed by atoms with Crippen LogP contribution in [-0.2, 0) is 20.7 Å². The summed E-state index contributed by atoms with van der Waals surface area (Å²) in [4.78, 5) is 41.8. The molecule has 1 aromatic carbocycles. The van der Waals surface area contributed by atoms with Crippen LogP contribution in [0.15, 0.2) is 30.3 Å². The van der Waals surface area contributed by atoms with Gasteiger partial charge in [0.25, 0.3) is 0 Å². The molecule has 3 atom stereocenters. The molecule has 0 aromatic heterocycles. The molecule has 2 N–H and O–H groups in total. The van der Waals surface area contributed by atoms with Crippen molar-refractivity contribution in [1.82, 2.24) is 20.4 Å². The number of imide groups is 1. The van der Waals surface area contributed by atoms with Crippen molar-refractivity contribution in [3.63, 3.8) is 0 Å². The molecule has 1 aromatic rings. The number of urea groups is 1. The predicted octanol–water partition coefficient (Wildman–Crippen LogP) is 1.01. The lowest BCUT2D eigenvalue weighted by molar-refractivity contribution is -0.139. The highest BCUT2D eigenvalue weighted by molar-refractivity contribution is 5.99. The standard InChI is InChI=1S/C23H32N4O4/c28-21(24-9-11-26-12-14-31-15-13-26)18-6-7-19-20(16-18)25-23(30)27(22(19)29)10-8-17-4-2-1-3-5-17/h1-5,18-20H,6-16H2,(H,24,28)(H,25,30). The normalized spacial score (nSPS) is 26.8. The van der Waals surface area contributed by atoms with E-state index in [2.05, 4.69) is 15.5 Å². The number of amides is 4. The molecule has 4 rings (SSSR count). The summed E-state index contributed by atoms with van der Waals surface area (Å²) < 4.78 is 5.34. The SMILES string of the molecule is O=C(NCCN1CCOCC1)C1CCC2C(=O)N(CCc3ccccc3)C(=O)NC2C1. The van der Waals surface area contributed by atoms with Crippen molar-refractivity contribution in [1.29, 1.82) is 0 Å². The molecule has 4 amide bonds. The Morgan fingerprint density at radius 1 is 1.10 bits per heavy atom. The van der Waals surface area contributed by atoms with E-state index in [4.69, 9.17) is 4.74 Å². The Morgan fingerprint density at radius 3 is 2.65 bits per heavy atom. The van der Waals surface area contributed by atoms with Crippen LogP contribution in [0.5, 0.6) is 0 Å². The Morgan fingerprint density at radius 2 is 1.87 bits per heavy atom. The van der Waals surface area contributed by atoms with Gasteiger partial charge >= 0.3 is 6.03 Å². The molecule has 2 heterocycles. The number of hydrogen-bond acceptors (Lipinski definition) is 5. The van der Waals surface area contributed by atoms with Crippen LogP contribution in [0.2, 0.25) is 0 Å². The number of morpholine rings is 1. The molecule has 0 spiro atoms. The molecule has 1 saturated carbocycles. The van der Waals surface area contributed by atoms with E-state index in [1.54, 1.807) is 0 Å². The highest BCUT2D eigenvalue weighted by Crippen LogP contribution is 2.33. The van der Waals surface area contributed by atoms with E-state index in [0.717, 1.165) is 38.4 Å². The number of nitrogens with one attached hydrogen (secondary N) is 2. The van der Waals surface area contributed by atoms with Gasteiger partial charge in [0.1, 0.15) is 0 Å². The van der Waals surface area contributed by atoms with Crippen LogP contribution >= 0.6 is 0 Å². The third kappa shape index (κ3) is 5.43. The monoisotopic (exact) mass is 428 g/mol. The molecule has 2 saturated heterocycles.